The van der Waals surface area contributed by atoms with E-state index in [0.717, 1.165) is 26.6 Å². The second-order valence-corrected chi connectivity index (χ2v) is 7.13. The van der Waals surface area contributed by atoms with Gasteiger partial charge in [-0.1, -0.05) is 49.6 Å². The fourth-order valence-electron chi connectivity index (χ4n) is 3.90. The summed E-state index contributed by atoms with van der Waals surface area (Å²) in [6.45, 7) is 8.02. The first-order chi connectivity index (χ1) is 11.7. The van der Waals surface area contributed by atoms with Gasteiger partial charge < -0.3 is 5.11 Å². The van der Waals surface area contributed by atoms with Gasteiger partial charge in [-0.25, -0.2) is 0 Å². The first kappa shape index (κ1) is 13.6. The van der Waals surface area contributed by atoms with E-state index in [1.165, 1.54) is 26.2 Å². The van der Waals surface area contributed by atoms with Crippen LogP contribution < -0.4 is 0 Å². The third-order valence-corrected chi connectivity index (χ3v) is 5.91. The van der Waals surface area contributed by atoms with E-state index < -0.39 is 0 Å². The van der Waals surface area contributed by atoms with Gasteiger partial charge in [0, 0.05) is 20.2 Å². The third-order valence-electron chi connectivity index (χ3n) is 4.83. The van der Waals surface area contributed by atoms with Crippen molar-refractivity contribution in [1.29, 1.82) is 0 Å². The van der Waals surface area contributed by atoms with Crippen LogP contribution in [-0.4, -0.2) is 5.11 Å². The lowest BCUT2D eigenvalue weighted by Gasteiger charge is -2.13. The van der Waals surface area contributed by atoms with E-state index in [1.807, 2.05) is 30.4 Å². The quantitative estimate of drug-likeness (QED) is 0.354. The van der Waals surface area contributed by atoms with Crippen LogP contribution in [0.3, 0.4) is 0 Å². The Balaban J connectivity index is 2.28. The summed E-state index contributed by atoms with van der Waals surface area (Å²) in [6, 6.07) is 14.3. The molecule has 4 aromatic carbocycles. The largest absolute Gasteiger partial charge is 0.508 e. The molecule has 2 heteroatoms. The fourth-order valence-corrected chi connectivity index (χ4v) is 5.12. The predicted octanol–water partition coefficient (Wildman–Crippen LogP) is 6.79. The second-order valence-electron chi connectivity index (χ2n) is 6.05. The molecule has 0 spiro atoms. The van der Waals surface area contributed by atoms with Crippen LogP contribution in [-0.2, 0) is 0 Å². The number of fused-ring (bicyclic) bond motifs is 3. The average molecular weight is 326 g/mol. The van der Waals surface area contributed by atoms with Gasteiger partial charge >= 0.3 is 0 Å². The van der Waals surface area contributed by atoms with E-state index >= 15 is 0 Å². The van der Waals surface area contributed by atoms with E-state index in [2.05, 4.69) is 37.4 Å². The summed E-state index contributed by atoms with van der Waals surface area (Å²) in [6.07, 6.45) is 3.82. The lowest BCUT2D eigenvalue weighted by molar-refractivity contribution is 0.477. The lowest BCUT2D eigenvalue weighted by atomic mass is 9.89. The van der Waals surface area contributed by atoms with Crippen molar-refractivity contribution in [3.05, 3.63) is 66.7 Å². The Kier molecular flexibility index (Phi) is 2.60. The molecule has 0 atom stereocenters. The Morgan fingerprint density at radius 2 is 1.54 bits per heavy atom. The van der Waals surface area contributed by atoms with Crippen molar-refractivity contribution in [2.24, 2.45) is 0 Å². The highest BCUT2D eigenvalue weighted by molar-refractivity contribution is 7.26. The lowest BCUT2D eigenvalue weighted by Crippen LogP contribution is -1.88. The molecule has 5 rings (SSSR count). The number of phenolic OH excluding ortho intramolecular Hbond substituents is 1. The number of rotatable bonds is 2. The summed E-state index contributed by atoms with van der Waals surface area (Å²) in [4.78, 5) is 0. The minimum Gasteiger partial charge on any atom is -0.508 e. The number of hydrogen-bond donors (Lipinski definition) is 1. The molecule has 1 heterocycles. The maximum Gasteiger partial charge on any atom is 0.117 e. The van der Waals surface area contributed by atoms with E-state index in [4.69, 9.17) is 0 Å². The summed E-state index contributed by atoms with van der Waals surface area (Å²) < 4.78 is 2.34. The van der Waals surface area contributed by atoms with Crippen LogP contribution in [0, 0.1) is 0 Å². The molecular formula is C22H14OS. The van der Waals surface area contributed by atoms with Crippen molar-refractivity contribution in [2.75, 3.05) is 0 Å². The van der Waals surface area contributed by atoms with Crippen molar-refractivity contribution in [1.82, 2.24) is 0 Å². The molecule has 0 unspecified atom stereocenters. The van der Waals surface area contributed by atoms with Gasteiger partial charge in [0.25, 0.3) is 0 Å². The highest BCUT2D eigenvalue weighted by Crippen LogP contribution is 2.48. The third kappa shape index (κ3) is 1.53. The van der Waals surface area contributed by atoms with Crippen LogP contribution in [0.2, 0.25) is 0 Å². The highest BCUT2D eigenvalue weighted by atomic mass is 32.1. The molecule has 24 heavy (non-hydrogen) atoms. The van der Waals surface area contributed by atoms with Crippen LogP contribution in [0.5, 0.6) is 5.75 Å². The van der Waals surface area contributed by atoms with Crippen LogP contribution in [0.25, 0.3) is 53.9 Å². The molecule has 1 nitrogen and oxygen atoms in total. The zero-order valence-corrected chi connectivity index (χ0v) is 13.8. The van der Waals surface area contributed by atoms with Gasteiger partial charge in [-0.15, -0.1) is 11.3 Å². The molecule has 1 N–H and O–H groups in total. The Hall–Kier alpha value is -2.84. The van der Waals surface area contributed by atoms with Gasteiger partial charge in [-0.05, 0) is 50.9 Å². The maximum atomic E-state index is 10.2. The van der Waals surface area contributed by atoms with Crippen LogP contribution >= 0.6 is 11.3 Å². The number of hydrogen-bond acceptors (Lipinski definition) is 2. The Bertz CT molecular complexity index is 1290. The molecule has 114 valence electrons. The van der Waals surface area contributed by atoms with Gasteiger partial charge in [0.05, 0.1) is 0 Å². The van der Waals surface area contributed by atoms with Crippen molar-refractivity contribution in [3.63, 3.8) is 0 Å². The normalized spacial score (nSPS) is 11.8. The van der Waals surface area contributed by atoms with E-state index in [1.54, 1.807) is 11.3 Å². The molecule has 1 aromatic heterocycles. The molecule has 0 amide bonds. The molecule has 5 aromatic rings. The molecule has 0 fully saturated rings. The smallest absolute Gasteiger partial charge is 0.117 e. The molecule has 0 bridgehead atoms. The van der Waals surface area contributed by atoms with Gasteiger partial charge in [0.15, 0.2) is 0 Å². The van der Waals surface area contributed by atoms with Crippen molar-refractivity contribution in [2.45, 2.75) is 0 Å². The van der Waals surface area contributed by atoms with Crippen LogP contribution in [0.1, 0.15) is 11.1 Å². The summed E-state index contributed by atoms with van der Waals surface area (Å²) in [5.74, 6) is 0.315. The van der Waals surface area contributed by atoms with E-state index in [9.17, 15) is 5.11 Å². The predicted molar refractivity (Wildman–Crippen MR) is 107 cm³/mol. The molecule has 0 aliphatic heterocycles. The average Bonchev–Trinajstić information content (AvgIpc) is 2.96. The summed E-state index contributed by atoms with van der Waals surface area (Å²) in [7, 11) is 0. The van der Waals surface area contributed by atoms with Gasteiger partial charge in [0.2, 0.25) is 0 Å². The standard InChI is InChI=1S/C22H14OS/c1-3-12-9-18-22-20(14(12)4-2)16-8-6-5-7-15(16)17-10-13(23)11-19(24-18)21(17)22/h3-11,23H,1-2H2. The monoisotopic (exact) mass is 326 g/mol. The molecule has 0 aliphatic rings. The summed E-state index contributed by atoms with van der Waals surface area (Å²) in [5, 5.41) is 17.4. The van der Waals surface area contributed by atoms with Crippen molar-refractivity contribution in [3.8, 4) is 5.75 Å². The topological polar surface area (TPSA) is 20.2 Å². The first-order valence-electron chi connectivity index (χ1n) is 7.84. The van der Waals surface area contributed by atoms with Crippen LogP contribution in [0.4, 0.5) is 0 Å². The summed E-state index contributed by atoms with van der Waals surface area (Å²) in [5.41, 5.74) is 2.23. The fraction of sp³-hybridized carbons (Fsp3) is 0. The number of phenols is 1. The minimum absolute atomic E-state index is 0.315. The van der Waals surface area contributed by atoms with Crippen LogP contribution in [0.15, 0.2) is 55.6 Å². The number of thiophene rings is 1. The van der Waals surface area contributed by atoms with Gasteiger partial charge in [-0.2, -0.15) is 0 Å². The number of benzene rings is 4. The molecule has 0 aliphatic carbocycles. The Morgan fingerprint density at radius 3 is 2.29 bits per heavy atom. The van der Waals surface area contributed by atoms with Gasteiger partial charge in [0.1, 0.15) is 5.75 Å². The molecule has 0 radical (unpaired) electrons. The van der Waals surface area contributed by atoms with E-state index in [-0.39, 0.29) is 0 Å². The van der Waals surface area contributed by atoms with Gasteiger partial charge in [-0.3, -0.25) is 0 Å². The minimum atomic E-state index is 0.315. The van der Waals surface area contributed by atoms with Crippen molar-refractivity contribution < 1.29 is 5.11 Å². The first-order valence-corrected chi connectivity index (χ1v) is 8.65. The Labute approximate surface area is 143 Å². The SMILES string of the molecule is C=Cc1cc2sc3cc(O)cc4c5ccccc5c(c1C=C)c2c34. The maximum absolute atomic E-state index is 10.2. The molecule has 0 saturated heterocycles. The second kappa shape index (κ2) is 4.59. The summed E-state index contributed by atoms with van der Waals surface area (Å²) >= 11 is 1.72. The zero-order valence-electron chi connectivity index (χ0n) is 13.0. The van der Waals surface area contributed by atoms with Crippen molar-refractivity contribution >= 4 is 65.2 Å². The molecule has 0 saturated carbocycles. The zero-order chi connectivity index (χ0) is 16.4. The molecular weight excluding hydrogens is 312 g/mol. The Morgan fingerprint density at radius 1 is 0.792 bits per heavy atom. The van der Waals surface area contributed by atoms with E-state index in [0.29, 0.717) is 5.75 Å². The highest BCUT2D eigenvalue weighted by Gasteiger charge is 2.19. The number of aromatic hydroxyl groups is 1.